The maximum atomic E-state index is 2.35. The quantitative estimate of drug-likeness (QED) is 0.196. The van der Waals surface area contributed by atoms with Gasteiger partial charge in [-0.25, -0.2) is 0 Å². The van der Waals surface area contributed by atoms with Crippen molar-refractivity contribution >= 4 is 0 Å². The zero-order valence-electron chi connectivity index (χ0n) is 18.2. The number of nitrogens with zero attached hydrogens (tertiary/aromatic N) is 1. The van der Waals surface area contributed by atoms with Crippen molar-refractivity contribution in [2.24, 2.45) is 0 Å². The Bertz CT molecular complexity index is 249. The number of rotatable bonds is 16. The number of hydrogen-bond donors (Lipinski definition) is 0. The highest BCUT2D eigenvalue weighted by molar-refractivity contribution is 4.69. The average Bonchev–Trinajstić information content (AvgIpc) is 2.66. The summed E-state index contributed by atoms with van der Waals surface area (Å²) in [6.07, 6.45) is 24.8. The van der Waals surface area contributed by atoms with Crippen molar-refractivity contribution in [1.29, 1.82) is 0 Å². The van der Waals surface area contributed by atoms with Crippen LogP contribution in [0.15, 0.2) is 0 Å². The third-order valence-electron chi connectivity index (χ3n) is 6.72. The summed E-state index contributed by atoms with van der Waals surface area (Å²) in [7, 11) is 0. The molecule has 0 unspecified atom stereocenters. The number of unbranched alkanes of at least 4 members (excludes halogenated alkanes) is 9. The molecule has 25 heavy (non-hydrogen) atoms. The molecule has 1 heteroatoms. The molecule has 0 atom stereocenters. The molecule has 0 aromatic rings. The van der Waals surface area contributed by atoms with Crippen LogP contribution in [0.25, 0.3) is 0 Å². The normalized spacial score (nSPS) is 16.4. The van der Waals surface area contributed by atoms with Gasteiger partial charge in [-0.3, -0.25) is 0 Å². The summed E-state index contributed by atoms with van der Waals surface area (Å²) >= 11 is 0. The van der Waals surface area contributed by atoms with E-state index in [0.717, 1.165) is 6.04 Å². The molecule has 1 fully saturated rings. The third-order valence-corrected chi connectivity index (χ3v) is 6.72. The minimum absolute atomic E-state index is 0.999. The fraction of sp³-hybridized carbons (Fsp3) is 1.00. The number of quaternary nitrogens is 1. The minimum Gasteiger partial charge on any atom is -0.321 e. The Balaban J connectivity index is 2.69. The second kappa shape index (κ2) is 15.1. The molecule has 1 nitrogen and oxygen atoms in total. The van der Waals surface area contributed by atoms with Gasteiger partial charge in [0.15, 0.2) is 0 Å². The molecular formula is C24H50N+. The van der Waals surface area contributed by atoms with Gasteiger partial charge >= 0.3 is 0 Å². The summed E-state index contributed by atoms with van der Waals surface area (Å²) in [4.78, 5) is 0. The van der Waals surface area contributed by atoms with Crippen molar-refractivity contribution in [2.75, 3.05) is 19.6 Å². The average molecular weight is 353 g/mol. The largest absolute Gasteiger partial charge is 0.321 e. The van der Waals surface area contributed by atoms with Gasteiger partial charge in [0.25, 0.3) is 0 Å². The van der Waals surface area contributed by atoms with Gasteiger partial charge in [-0.15, -0.1) is 0 Å². The third kappa shape index (κ3) is 9.45. The number of hydrogen-bond acceptors (Lipinski definition) is 0. The second-order valence-electron chi connectivity index (χ2n) is 8.86. The lowest BCUT2D eigenvalue weighted by atomic mass is 9.90. The van der Waals surface area contributed by atoms with Gasteiger partial charge in [-0.2, -0.15) is 0 Å². The molecule has 0 aromatic heterocycles. The van der Waals surface area contributed by atoms with Crippen molar-refractivity contribution in [3.63, 3.8) is 0 Å². The molecule has 0 N–H and O–H groups in total. The molecule has 150 valence electrons. The Morgan fingerprint density at radius 1 is 0.520 bits per heavy atom. The minimum atomic E-state index is 0.999. The topological polar surface area (TPSA) is 0 Å². The van der Waals surface area contributed by atoms with E-state index >= 15 is 0 Å². The van der Waals surface area contributed by atoms with Gasteiger partial charge < -0.3 is 4.48 Å². The molecule has 1 aliphatic carbocycles. The standard InChI is InChI=1S/C24H50N/c1-4-7-10-16-21-25(22-17-11-8-5-2,23-18-12-9-6-3)24-19-14-13-15-20-24/h24H,4-23H2,1-3H3/q+1. The monoisotopic (exact) mass is 352 g/mol. The van der Waals surface area contributed by atoms with Crippen molar-refractivity contribution < 1.29 is 4.48 Å². The fourth-order valence-electron chi connectivity index (χ4n) is 5.07. The van der Waals surface area contributed by atoms with Crippen LogP contribution in [0.5, 0.6) is 0 Å². The molecule has 1 aliphatic rings. The summed E-state index contributed by atoms with van der Waals surface area (Å²) in [5.41, 5.74) is 0. The van der Waals surface area contributed by atoms with E-state index < -0.39 is 0 Å². The van der Waals surface area contributed by atoms with Crippen LogP contribution in [0.1, 0.15) is 130 Å². The maximum absolute atomic E-state index is 2.35. The lowest BCUT2D eigenvalue weighted by Gasteiger charge is -2.47. The van der Waals surface area contributed by atoms with E-state index in [1.54, 1.807) is 0 Å². The first kappa shape index (κ1) is 23.0. The van der Waals surface area contributed by atoms with Gasteiger partial charge in [0.2, 0.25) is 0 Å². The predicted octanol–water partition coefficient (Wildman–Crippen LogP) is 7.88. The summed E-state index contributed by atoms with van der Waals surface area (Å²) in [5.74, 6) is 0. The molecule has 0 radical (unpaired) electrons. The van der Waals surface area contributed by atoms with Crippen LogP contribution in [0.2, 0.25) is 0 Å². The van der Waals surface area contributed by atoms with E-state index in [9.17, 15) is 0 Å². The zero-order chi connectivity index (χ0) is 18.2. The van der Waals surface area contributed by atoms with Crippen LogP contribution >= 0.6 is 0 Å². The molecule has 1 rings (SSSR count). The molecule has 0 bridgehead atoms. The molecule has 0 amide bonds. The molecule has 0 aromatic carbocycles. The molecule has 0 spiro atoms. The first-order valence-corrected chi connectivity index (χ1v) is 12.1. The molecule has 0 heterocycles. The van der Waals surface area contributed by atoms with Gasteiger partial charge in [0.05, 0.1) is 25.7 Å². The summed E-state index contributed by atoms with van der Waals surface area (Å²) in [6.45, 7) is 11.5. The zero-order valence-corrected chi connectivity index (χ0v) is 18.2. The highest BCUT2D eigenvalue weighted by atomic mass is 15.4. The Labute approximate surface area is 160 Å². The van der Waals surface area contributed by atoms with Crippen molar-refractivity contribution in [2.45, 2.75) is 136 Å². The Hall–Kier alpha value is -0.0400. The molecule has 1 saturated carbocycles. The molecular weight excluding hydrogens is 302 g/mol. The molecule has 0 aliphatic heterocycles. The Morgan fingerprint density at radius 2 is 0.920 bits per heavy atom. The van der Waals surface area contributed by atoms with Crippen molar-refractivity contribution in [3.05, 3.63) is 0 Å². The van der Waals surface area contributed by atoms with E-state index in [4.69, 9.17) is 0 Å². The predicted molar refractivity (Wildman–Crippen MR) is 114 cm³/mol. The van der Waals surface area contributed by atoms with E-state index in [0.29, 0.717) is 0 Å². The van der Waals surface area contributed by atoms with E-state index in [-0.39, 0.29) is 0 Å². The van der Waals surface area contributed by atoms with Gasteiger partial charge in [0.1, 0.15) is 0 Å². The van der Waals surface area contributed by atoms with Crippen LogP contribution in [0, 0.1) is 0 Å². The van der Waals surface area contributed by atoms with Crippen LogP contribution in [0.4, 0.5) is 0 Å². The highest BCUT2D eigenvalue weighted by Crippen LogP contribution is 2.31. The van der Waals surface area contributed by atoms with E-state index in [2.05, 4.69) is 20.8 Å². The van der Waals surface area contributed by atoms with Gasteiger partial charge in [-0.1, -0.05) is 65.7 Å². The molecule has 0 saturated heterocycles. The van der Waals surface area contributed by atoms with Gasteiger partial charge in [-0.05, 0) is 64.2 Å². The summed E-state index contributed by atoms with van der Waals surface area (Å²) in [6, 6.07) is 0.999. The fourth-order valence-corrected chi connectivity index (χ4v) is 5.07. The maximum Gasteiger partial charge on any atom is 0.0890 e. The lowest BCUT2D eigenvalue weighted by Crippen LogP contribution is -2.57. The van der Waals surface area contributed by atoms with Crippen LogP contribution in [-0.4, -0.2) is 30.2 Å². The van der Waals surface area contributed by atoms with Crippen molar-refractivity contribution in [3.8, 4) is 0 Å². The SMILES string of the molecule is CCCCCC[N+](CCCCCC)(CCCCCC)C1CCCCC1. The van der Waals surface area contributed by atoms with Crippen LogP contribution in [0.3, 0.4) is 0 Å². The van der Waals surface area contributed by atoms with Gasteiger partial charge in [0, 0.05) is 0 Å². The Morgan fingerprint density at radius 3 is 1.28 bits per heavy atom. The van der Waals surface area contributed by atoms with Crippen molar-refractivity contribution in [1.82, 2.24) is 0 Å². The summed E-state index contributed by atoms with van der Waals surface area (Å²) < 4.78 is 1.51. The van der Waals surface area contributed by atoms with Crippen LogP contribution in [-0.2, 0) is 0 Å². The second-order valence-corrected chi connectivity index (χ2v) is 8.86. The van der Waals surface area contributed by atoms with E-state index in [1.165, 1.54) is 133 Å². The van der Waals surface area contributed by atoms with E-state index in [1.807, 2.05) is 0 Å². The Kier molecular flexibility index (Phi) is 13.9. The smallest absolute Gasteiger partial charge is 0.0890 e. The lowest BCUT2D eigenvalue weighted by molar-refractivity contribution is -0.953. The summed E-state index contributed by atoms with van der Waals surface area (Å²) in [5, 5.41) is 0. The highest BCUT2D eigenvalue weighted by Gasteiger charge is 2.36. The van der Waals surface area contributed by atoms with Crippen LogP contribution < -0.4 is 0 Å². The first-order valence-electron chi connectivity index (χ1n) is 12.1. The first-order chi connectivity index (χ1) is 12.3.